The van der Waals surface area contributed by atoms with E-state index in [1.54, 1.807) is 54.6 Å². The normalized spacial score (nSPS) is 12.4. The minimum atomic E-state index is -4.85. The number of nitrogens with zero attached hydrogens (tertiary/aromatic N) is 2. The lowest BCUT2D eigenvalue weighted by Gasteiger charge is -2.22. The molecule has 0 fully saturated rings. The summed E-state index contributed by atoms with van der Waals surface area (Å²) in [7, 11) is 2.93. The molecule has 0 spiro atoms. The van der Waals surface area contributed by atoms with Gasteiger partial charge in [0.1, 0.15) is 11.6 Å². The van der Waals surface area contributed by atoms with Crippen LogP contribution in [0.1, 0.15) is 34.8 Å². The van der Waals surface area contributed by atoms with E-state index in [1.165, 1.54) is 21.1 Å². The summed E-state index contributed by atoms with van der Waals surface area (Å²) in [6, 6.07) is 17.8. The van der Waals surface area contributed by atoms with Gasteiger partial charge in [-0.25, -0.2) is 9.18 Å². The van der Waals surface area contributed by atoms with Crippen molar-refractivity contribution in [2.45, 2.75) is 38.7 Å². The fourth-order valence-corrected chi connectivity index (χ4v) is 4.90. The second-order valence-electron chi connectivity index (χ2n) is 9.32. The van der Waals surface area contributed by atoms with Crippen molar-refractivity contribution in [1.82, 2.24) is 14.6 Å². The van der Waals surface area contributed by atoms with Gasteiger partial charge in [-0.3, -0.25) is 13.9 Å². The second kappa shape index (κ2) is 12.5. The average Bonchev–Trinajstić information content (AvgIpc) is 2.95. The van der Waals surface area contributed by atoms with Crippen molar-refractivity contribution in [3.05, 3.63) is 122 Å². The molecule has 1 aromatic heterocycles. The summed E-state index contributed by atoms with van der Waals surface area (Å²) >= 11 is 0. The SMILES string of the molecule is CONC(CCn1c(=O)c(-c2ccccc2)c(C)n(Cc2c(F)cccc2C(F)(F)F)c1=O)c1ccccc1OC. The Morgan fingerprint density at radius 3 is 2.24 bits per heavy atom. The number of aromatic nitrogens is 2. The molecule has 41 heavy (non-hydrogen) atoms. The number of para-hydroxylation sites is 1. The van der Waals surface area contributed by atoms with Gasteiger partial charge in [-0.05, 0) is 37.1 Å². The van der Waals surface area contributed by atoms with Crippen molar-refractivity contribution in [2.75, 3.05) is 14.2 Å². The molecule has 0 aliphatic rings. The van der Waals surface area contributed by atoms with E-state index in [9.17, 15) is 27.2 Å². The largest absolute Gasteiger partial charge is 0.496 e. The van der Waals surface area contributed by atoms with Crippen LogP contribution in [0.4, 0.5) is 17.6 Å². The van der Waals surface area contributed by atoms with E-state index in [0.29, 0.717) is 16.9 Å². The molecule has 0 amide bonds. The molecule has 11 heteroatoms. The Kier molecular flexibility index (Phi) is 9.09. The number of alkyl halides is 3. The molecule has 1 N–H and O–H groups in total. The molecule has 0 saturated heterocycles. The van der Waals surface area contributed by atoms with Crippen LogP contribution in [0.25, 0.3) is 11.1 Å². The zero-order valence-corrected chi connectivity index (χ0v) is 22.7. The zero-order valence-electron chi connectivity index (χ0n) is 22.7. The second-order valence-corrected chi connectivity index (χ2v) is 9.32. The van der Waals surface area contributed by atoms with Gasteiger partial charge in [0.25, 0.3) is 5.56 Å². The van der Waals surface area contributed by atoms with Crippen LogP contribution >= 0.6 is 0 Å². The maximum absolute atomic E-state index is 14.8. The van der Waals surface area contributed by atoms with E-state index in [-0.39, 0.29) is 24.2 Å². The molecule has 7 nitrogen and oxygen atoms in total. The molecule has 0 aliphatic carbocycles. The number of rotatable bonds is 10. The molecule has 4 rings (SSSR count). The van der Waals surface area contributed by atoms with Crippen molar-refractivity contribution >= 4 is 0 Å². The van der Waals surface area contributed by atoms with E-state index in [1.807, 2.05) is 0 Å². The maximum Gasteiger partial charge on any atom is 0.416 e. The van der Waals surface area contributed by atoms with Crippen LogP contribution in [0.5, 0.6) is 5.75 Å². The first-order valence-corrected chi connectivity index (χ1v) is 12.7. The van der Waals surface area contributed by atoms with Crippen LogP contribution < -0.4 is 21.5 Å². The van der Waals surface area contributed by atoms with Crippen LogP contribution in [-0.2, 0) is 24.1 Å². The van der Waals surface area contributed by atoms with Gasteiger partial charge in [-0.2, -0.15) is 18.7 Å². The summed E-state index contributed by atoms with van der Waals surface area (Å²) in [5, 5.41) is 0. The van der Waals surface area contributed by atoms with Crippen LogP contribution in [0.15, 0.2) is 82.4 Å². The molecule has 0 radical (unpaired) electrons. The average molecular weight is 572 g/mol. The number of ether oxygens (including phenoxy) is 1. The molecule has 1 atom stereocenters. The molecule has 3 aromatic carbocycles. The topological polar surface area (TPSA) is 74.5 Å². The Bertz CT molecular complexity index is 1630. The van der Waals surface area contributed by atoms with Crippen molar-refractivity contribution in [1.29, 1.82) is 0 Å². The summed E-state index contributed by atoms with van der Waals surface area (Å²) in [4.78, 5) is 32.7. The Labute approximate surface area is 233 Å². The highest BCUT2D eigenvalue weighted by molar-refractivity contribution is 5.64. The molecule has 0 saturated carbocycles. The Hall–Kier alpha value is -4.22. The van der Waals surface area contributed by atoms with Crippen molar-refractivity contribution in [2.24, 2.45) is 0 Å². The summed E-state index contributed by atoms with van der Waals surface area (Å²) in [5.74, 6) is -0.550. The highest BCUT2D eigenvalue weighted by atomic mass is 19.4. The minimum Gasteiger partial charge on any atom is -0.496 e. The smallest absolute Gasteiger partial charge is 0.416 e. The Morgan fingerprint density at radius 1 is 0.902 bits per heavy atom. The van der Waals surface area contributed by atoms with E-state index in [4.69, 9.17) is 9.57 Å². The quantitative estimate of drug-likeness (QED) is 0.202. The van der Waals surface area contributed by atoms with Gasteiger partial charge < -0.3 is 9.57 Å². The lowest BCUT2D eigenvalue weighted by Crippen LogP contribution is -2.43. The monoisotopic (exact) mass is 571 g/mol. The van der Waals surface area contributed by atoms with E-state index < -0.39 is 47.0 Å². The molecular weight excluding hydrogens is 542 g/mol. The first-order chi connectivity index (χ1) is 19.6. The number of hydroxylamine groups is 1. The molecule has 216 valence electrons. The number of hydrogen-bond acceptors (Lipinski definition) is 5. The lowest BCUT2D eigenvalue weighted by molar-refractivity contribution is -0.138. The predicted octanol–water partition coefficient (Wildman–Crippen LogP) is 5.48. The highest BCUT2D eigenvalue weighted by Gasteiger charge is 2.35. The van der Waals surface area contributed by atoms with E-state index >= 15 is 0 Å². The molecule has 0 bridgehead atoms. The Morgan fingerprint density at radius 2 is 1.59 bits per heavy atom. The number of hydrogen-bond donors (Lipinski definition) is 1. The van der Waals surface area contributed by atoms with E-state index in [0.717, 1.165) is 27.3 Å². The van der Waals surface area contributed by atoms with Crippen molar-refractivity contribution < 1.29 is 27.1 Å². The summed E-state index contributed by atoms with van der Waals surface area (Å²) in [5.41, 5.74) is 0.917. The van der Waals surface area contributed by atoms with Gasteiger partial charge in [0.2, 0.25) is 0 Å². The van der Waals surface area contributed by atoms with Gasteiger partial charge in [-0.15, -0.1) is 0 Å². The zero-order chi connectivity index (χ0) is 29.7. The number of nitrogens with one attached hydrogen (secondary N) is 1. The molecule has 4 aromatic rings. The third kappa shape index (κ3) is 6.26. The molecule has 1 unspecified atom stereocenters. The predicted molar refractivity (Wildman–Crippen MR) is 146 cm³/mol. The van der Waals surface area contributed by atoms with Gasteiger partial charge in [0.15, 0.2) is 0 Å². The molecular formula is C30H29F4N3O4. The van der Waals surface area contributed by atoms with Crippen LogP contribution in [-0.4, -0.2) is 23.4 Å². The minimum absolute atomic E-state index is 0.120. The molecule has 1 heterocycles. The Balaban J connectivity index is 1.87. The highest BCUT2D eigenvalue weighted by Crippen LogP contribution is 2.34. The molecule has 0 aliphatic heterocycles. The van der Waals surface area contributed by atoms with Crippen LogP contribution in [0.3, 0.4) is 0 Å². The summed E-state index contributed by atoms with van der Waals surface area (Å²) < 4.78 is 63.6. The standard InChI is InChI=1S/C30H29F4N3O4/c1-19-27(20-10-5-4-6-11-20)28(38)36(17-16-25(35-41-3)21-12-7-8-15-26(21)40-2)29(39)37(19)18-22-23(30(32,33)34)13-9-14-24(22)31/h4-15,25,35H,16-18H2,1-3H3. The third-order valence-corrected chi connectivity index (χ3v) is 6.91. The van der Waals surface area contributed by atoms with Gasteiger partial charge in [0, 0.05) is 23.4 Å². The van der Waals surface area contributed by atoms with Crippen molar-refractivity contribution in [3.8, 4) is 16.9 Å². The third-order valence-electron chi connectivity index (χ3n) is 6.91. The fraction of sp³-hybridized carbons (Fsp3) is 0.267. The van der Waals surface area contributed by atoms with Gasteiger partial charge >= 0.3 is 11.9 Å². The van der Waals surface area contributed by atoms with Crippen LogP contribution in [0, 0.1) is 12.7 Å². The summed E-state index contributed by atoms with van der Waals surface area (Å²) in [6.07, 6.45) is -4.67. The van der Waals surface area contributed by atoms with Crippen LogP contribution in [0.2, 0.25) is 0 Å². The first kappa shape index (κ1) is 29.8. The number of methoxy groups -OCH3 is 1. The maximum atomic E-state index is 14.8. The fourth-order valence-electron chi connectivity index (χ4n) is 4.90. The van der Waals surface area contributed by atoms with Crippen molar-refractivity contribution in [3.63, 3.8) is 0 Å². The van der Waals surface area contributed by atoms with E-state index in [2.05, 4.69) is 5.48 Å². The van der Waals surface area contributed by atoms with Gasteiger partial charge in [0.05, 0.1) is 37.9 Å². The number of halogens is 4. The summed E-state index contributed by atoms with van der Waals surface area (Å²) in [6.45, 7) is 0.618. The number of benzene rings is 3. The first-order valence-electron chi connectivity index (χ1n) is 12.7. The van der Waals surface area contributed by atoms with Gasteiger partial charge in [-0.1, -0.05) is 54.6 Å². The lowest BCUT2D eigenvalue weighted by atomic mass is 10.0.